The summed E-state index contributed by atoms with van der Waals surface area (Å²) in [4.78, 5) is 25.6. The molecular weight excluding hydrogens is 300 g/mol. The van der Waals surface area contributed by atoms with Crippen molar-refractivity contribution in [2.75, 3.05) is 12.3 Å². The van der Waals surface area contributed by atoms with Crippen molar-refractivity contribution in [3.05, 3.63) is 27.4 Å². The van der Waals surface area contributed by atoms with Crippen LogP contribution in [0.3, 0.4) is 0 Å². The number of rotatable bonds is 3. The molecular formula is C15H20N4O4. The van der Waals surface area contributed by atoms with Crippen molar-refractivity contribution in [3.8, 4) is 11.8 Å². The fourth-order valence-corrected chi connectivity index (χ4v) is 1.67. The highest BCUT2D eigenvalue weighted by atomic mass is 16.6. The molecule has 23 heavy (non-hydrogen) atoms. The summed E-state index contributed by atoms with van der Waals surface area (Å²) in [7, 11) is 0. The number of anilines is 1. The van der Waals surface area contributed by atoms with Gasteiger partial charge in [0.2, 0.25) is 5.82 Å². The molecule has 0 aliphatic heterocycles. The van der Waals surface area contributed by atoms with E-state index in [1.54, 1.807) is 27.7 Å². The van der Waals surface area contributed by atoms with Gasteiger partial charge in [-0.2, -0.15) is 0 Å². The van der Waals surface area contributed by atoms with E-state index in [0.717, 1.165) is 0 Å². The number of carbonyl (C=O) groups is 1. The van der Waals surface area contributed by atoms with Crippen molar-refractivity contribution in [3.63, 3.8) is 0 Å². The minimum Gasteiger partial charge on any atom is -0.444 e. The van der Waals surface area contributed by atoms with E-state index in [1.165, 1.54) is 6.20 Å². The van der Waals surface area contributed by atoms with Crippen LogP contribution in [0.4, 0.5) is 16.3 Å². The van der Waals surface area contributed by atoms with Gasteiger partial charge < -0.3 is 15.8 Å². The summed E-state index contributed by atoms with van der Waals surface area (Å²) < 4.78 is 5.08. The molecule has 0 aliphatic carbocycles. The molecule has 1 amide bonds. The Kier molecular flexibility index (Phi) is 5.90. The number of nitrogen functional groups attached to an aromatic ring is 1. The molecule has 124 valence electrons. The summed E-state index contributed by atoms with van der Waals surface area (Å²) in [6.45, 7) is 7.20. The van der Waals surface area contributed by atoms with Crippen LogP contribution in [-0.2, 0) is 4.74 Å². The minimum atomic E-state index is -0.576. The first-order chi connectivity index (χ1) is 10.6. The van der Waals surface area contributed by atoms with E-state index < -0.39 is 16.6 Å². The largest absolute Gasteiger partial charge is 0.444 e. The summed E-state index contributed by atoms with van der Waals surface area (Å²) in [6.07, 6.45) is 1.25. The number of ether oxygens (including phenoxy) is 1. The van der Waals surface area contributed by atoms with Crippen LogP contribution < -0.4 is 11.1 Å². The number of hydrogen-bond donors (Lipinski definition) is 2. The van der Waals surface area contributed by atoms with E-state index in [0.29, 0.717) is 24.1 Å². The van der Waals surface area contributed by atoms with E-state index in [2.05, 4.69) is 22.1 Å². The number of nitrogens with two attached hydrogens (primary N) is 1. The van der Waals surface area contributed by atoms with Gasteiger partial charge in [-0.15, -0.1) is 0 Å². The van der Waals surface area contributed by atoms with Gasteiger partial charge in [0, 0.05) is 24.7 Å². The molecule has 1 aromatic heterocycles. The molecule has 1 heterocycles. The zero-order valence-corrected chi connectivity index (χ0v) is 13.6. The number of carbonyl (C=O) groups excluding carboxylic acids is 1. The predicted octanol–water partition coefficient (Wildman–Crippen LogP) is 2.15. The fourth-order valence-electron chi connectivity index (χ4n) is 1.67. The summed E-state index contributed by atoms with van der Waals surface area (Å²) in [5, 5.41) is 13.5. The topological polar surface area (TPSA) is 120 Å². The SMILES string of the molecule is Cc1c(C#CCCNC(=O)OC(C)(C)C)cnc(N)c1[N+](=O)[O-]. The molecule has 0 spiro atoms. The molecule has 1 rings (SSSR count). The average Bonchev–Trinajstić information content (AvgIpc) is 2.38. The second kappa shape index (κ2) is 7.45. The van der Waals surface area contributed by atoms with E-state index in [4.69, 9.17) is 10.5 Å². The Balaban J connectivity index is 2.63. The van der Waals surface area contributed by atoms with E-state index in [9.17, 15) is 14.9 Å². The van der Waals surface area contributed by atoms with Gasteiger partial charge in [0.25, 0.3) is 0 Å². The summed E-state index contributed by atoms with van der Waals surface area (Å²) in [6, 6.07) is 0. The van der Waals surface area contributed by atoms with Crippen LogP contribution in [0.2, 0.25) is 0 Å². The third-order valence-corrected chi connectivity index (χ3v) is 2.66. The van der Waals surface area contributed by atoms with Crippen molar-refractivity contribution in [1.29, 1.82) is 0 Å². The van der Waals surface area contributed by atoms with Crippen LogP contribution in [0, 0.1) is 28.9 Å². The van der Waals surface area contributed by atoms with Gasteiger partial charge >= 0.3 is 11.8 Å². The van der Waals surface area contributed by atoms with Crippen molar-refractivity contribution in [2.45, 2.75) is 39.7 Å². The van der Waals surface area contributed by atoms with Crippen LogP contribution >= 0.6 is 0 Å². The van der Waals surface area contributed by atoms with E-state index >= 15 is 0 Å². The van der Waals surface area contributed by atoms with E-state index in [-0.39, 0.29) is 11.5 Å². The zero-order valence-electron chi connectivity index (χ0n) is 13.6. The maximum Gasteiger partial charge on any atom is 0.407 e. The second-order valence-electron chi connectivity index (χ2n) is 5.77. The average molecular weight is 320 g/mol. The lowest BCUT2D eigenvalue weighted by Gasteiger charge is -2.19. The molecule has 3 N–H and O–H groups in total. The van der Waals surface area contributed by atoms with Gasteiger partial charge in [0.05, 0.1) is 10.5 Å². The van der Waals surface area contributed by atoms with Crippen LogP contribution in [0.5, 0.6) is 0 Å². The molecule has 8 nitrogen and oxygen atoms in total. The first-order valence-corrected chi connectivity index (χ1v) is 6.97. The first kappa shape index (κ1) is 18.2. The Hall–Kier alpha value is -2.82. The van der Waals surface area contributed by atoms with Gasteiger partial charge in [-0.05, 0) is 27.7 Å². The third-order valence-electron chi connectivity index (χ3n) is 2.66. The Morgan fingerprint density at radius 1 is 1.52 bits per heavy atom. The standard InChI is InChI=1S/C15H20N4O4/c1-10-11(9-18-13(16)12(10)19(21)22)7-5-6-8-17-14(20)23-15(2,3)4/h9H,6,8H2,1-4H3,(H2,16,18)(H,17,20). The van der Waals surface area contributed by atoms with Gasteiger partial charge in [-0.3, -0.25) is 10.1 Å². The number of nitro groups is 1. The quantitative estimate of drug-likeness (QED) is 0.381. The molecule has 0 aromatic carbocycles. The zero-order chi connectivity index (χ0) is 17.6. The lowest BCUT2D eigenvalue weighted by molar-refractivity contribution is -0.384. The normalized spacial score (nSPS) is 10.4. The monoisotopic (exact) mass is 320 g/mol. The van der Waals surface area contributed by atoms with Crippen molar-refractivity contribution in [2.24, 2.45) is 0 Å². The number of nitrogens with one attached hydrogen (secondary N) is 1. The molecule has 0 radical (unpaired) electrons. The summed E-state index contributed by atoms with van der Waals surface area (Å²) in [5.74, 6) is 5.48. The van der Waals surface area contributed by atoms with Gasteiger partial charge in [0.15, 0.2) is 0 Å². The fraction of sp³-hybridized carbons (Fsp3) is 0.467. The molecule has 0 unspecified atom stereocenters. The molecule has 0 fully saturated rings. The number of alkyl carbamates (subject to hydrolysis) is 1. The minimum absolute atomic E-state index is 0.135. The molecule has 1 aromatic rings. The second-order valence-corrected chi connectivity index (χ2v) is 5.77. The maximum absolute atomic E-state index is 11.4. The Morgan fingerprint density at radius 3 is 2.74 bits per heavy atom. The lowest BCUT2D eigenvalue weighted by atomic mass is 10.1. The Morgan fingerprint density at radius 2 is 2.17 bits per heavy atom. The highest BCUT2D eigenvalue weighted by Gasteiger charge is 2.19. The lowest BCUT2D eigenvalue weighted by Crippen LogP contribution is -2.32. The van der Waals surface area contributed by atoms with Gasteiger partial charge in [0.1, 0.15) is 5.60 Å². The summed E-state index contributed by atoms with van der Waals surface area (Å²) in [5.41, 5.74) is 5.51. The van der Waals surface area contributed by atoms with Crippen LogP contribution in [0.25, 0.3) is 0 Å². The molecule has 0 saturated carbocycles. The molecule has 0 saturated heterocycles. The maximum atomic E-state index is 11.4. The van der Waals surface area contributed by atoms with Crippen LogP contribution in [-0.4, -0.2) is 28.1 Å². The number of nitrogens with zero attached hydrogens (tertiary/aromatic N) is 2. The third kappa shape index (κ3) is 5.82. The highest BCUT2D eigenvalue weighted by Crippen LogP contribution is 2.25. The smallest absolute Gasteiger partial charge is 0.407 e. The highest BCUT2D eigenvalue weighted by molar-refractivity contribution is 5.67. The first-order valence-electron chi connectivity index (χ1n) is 6.97. The number of pyridine rings is 1. The molecule has 0 atom stereocenters. The van der Waals surface area contributed by atoms with Gasteiger partial charge in [-0.1, -0.05) is 11.8 Å². The molecule has 0 bridgehead atoms. The van der Waals surface area contributed by atoms with E-state index in [1.807, 2.05) is 0 Å². The molecule has 0 aliphatic rings. The molecule has 8 heteroatoms. The summed E-state index contributed by atoms with van der Waals surface area (Å²) >= 11 is 0. The Bertz CT molecular complexity index is 669. The van der Waals surface area contributed by atoms with Crippen molar-refractivity contribution in [1.82, 2.24) is 10.3 Å². The number of aromatic nitrogens is 1. The Labute approximate surface area is 134 Å². The predicted molar refractivity (Wildman–Crippen MR) is 85.8 cm³/mol. The number of hydrogen-bond acceptors (Lipinski definition) is 6. The number of amides is 1. The van der Waals surface area contributed by atoms with Gasteiger partial charge in [-0.25, -0.2) is 9.78 Å². The van der Waals surface area contributed by atoms with Crippen molar-refractivity contribution < 1.29 is 14.5 Å². The van der Waals surface area contributed by atoms with Crippen LogP contribution in [0.1, 0.15) is 38.3 Å². The van der Waals surface area contributed by atoms with Crippen LogP contribution in [0.15, 0.2) is 6.20 Å². The van der Waals surface area contributed by atoms with Crippen molar-refractivity contribution >= 4 is 17.6 Å².